The molecule has 0 bridgehead atoms. The lowest BCUT2D eigenvalue weighted by Gasteiger charge is -2.21. The van der Waals surface area contributed by atoms with Gasteiger partial charge in [-0.25, -0.2) is 0 Å². The minimum atomic E-state index is 0.897. The fraction of sp³-hybridized carbons (Fsp3) is 0.394. The van der Waals surface area contributed by atoms with Gasteiger partial charge in [-0.3, -0.25) is 0 Å². The first-order valence-electron chi connectivity index (χ1n) is 13.0. The Balaban J connectivity index is 1.31. The zero-order valence-corrected chi connectivity index (χ0v) is 20.8. The van der Waals surface area contributed by atoms with E-state index in [2.05, 4.69) is 75.9 Å². The standard InChI is InChI=1S/C33H38/c1-22-15-23(2)33(24(3)16-22)25(4)17-29-11-8-12-32(29)31-20-28-14-13-27(19-30(28)21-31)18-26-9-6-5-7-10-26/h11-16,19,21,26H,4-10,17-18,20H2,1-3H3. The highest BCUT2D eigenvalue weighted by atomic mass is 14.3. The zero-order valence-electron chi connectivity index (χ0n) is 20.8. The predicted octanol–water partition coefficient (Wildman–Crippen LogP) is 9.03. The van der Waals surface area contributed by atoms with Gasteiger partial charge in [0.05, 0.1) is 0 Å². The summed E-state index contributed by atoms with van der Waals surface area (Å²) in [6.45, 7) is 11.1. The molecule has 3 aliphatic carbocycles. The normalized spacial score (nSPS) is 18.1. The van der Waals surface area contributed by atoms with Gasteiger partial charge in [0, 0.05) is 0 Å². The van der Waals surface area contributed by atoms with Crippen molar-refractivity contribution in [1.29, 1.82) is 0 Å². The Morgan fingerprint density at radius 2 is 1.70 bits per heavy atom. The van der Waals surface area contributed by atoms with E-state index in [9.17, 15) is 0 Å². The molecule has 33 heavy (non-hydrogen) atoms. The van der Waals surface area contributed by atoms with E-state index >= 15 is 0 Å². The SMILES string of the molecule is C=C(CC1=CCC=C1C1=Cc2cc(CC3CCCCC3)ccc2C1)c1c(C)cc(C)cc1C. The molecule has 0 nitrogen and oxygen atoms in total. The molecule has 0 aromatic heterocycles. The average Bonchev–Trinajstić information content (AvgIpc) is 3.40. The molecule has 2 aromatic carbocycles. The number of aryl methyl sites for hydroxylation is 3. The monoisotopic (exact) mass is 434 g/mol. The van der Waals surface area contributed by atoms with Crippen LogP contribution in [0.1, 0.15) is 83.9 Å². The lowest BCUT2D eigenvalue weighted by molar-refractivity contribution is 0.356. The molecule has 0 saturated heterocycles. The van der Waals surface area contributed by atoms with Gasteiger partial charge in [-0.15, -0.1) is 0 Å². The second-order valence-electron chi connectivity index (χ2n) is 10.7. The average molecular weight is 435 g/mol. The molecule has 2 aromatic rings. The van der Waals surface area contributed by atoms with Gasteiger partial charge in [0.15, 0.2) is 0 Å². The van der Waals surface area contributed by atoms with Gasteiger partial charge in [0.2, 0.25) is 0 Å². The van der Waals surface area contributed by atoms with E-state index in [1.54, 1.807) is 0 Å². The van der Waals surface area contributed by atoms with Crippen molar-refractivity contribution in [1.82, 2.24) is 0 Å². The van der Waals surface area contributed by atoms with Crippen LogP contribution < -0.4 is 0 Å². The van der Waals surface area contributed by atoms with E-state index in [1.807, 2.05) is 0 Å². The van der Waals surface area contributed by atoms with Crippen molar-refractivity contribution < 1.29 is 0 Å². The molecule has 1 fully saturated rings. The molecule has 0 amide bonds. The maximum absolute atomic E-state index is 4.52. The van der Waals surface area contributed by atoms with E-state index in [0.717, 1.165) is 25.2 Å². The fourth-order valence-electron chi connectivity index (χ4n) is 6.53. The van der Waals surface area contributed by atoms with Crippen molar-refractivity contribution in [2.75, 3.05) is 0 Å². The quantitative estimate of drug-likeness (QED) is 0.425. The number of allylic oxidation sites excluding steroid dienone is 6. The van der Waals surface area contributed by atoms with Crippen molar-refractivity contribution in [3.8, 4) is 0 Å². The van der Waals surface area contributed by atoms with Crippen LogP contribution >= 0.6 is 0 Å². The Kier molecular flexibility index (Phi) is 6.28. The van der Waals surface area contributed by atoms with Crippen LogP contribution in [0.3, 0.4) is 0 Å². The van der Waals surface area contributed by atoms with Crippen LogP contribution in [-0.4, -0.2) is 0 Å². The van der Waals surface area contributed by atoms with Gasteiger partial charge in [0.25, 0.3) is 0 Å². The van der Waals surface area contributed by atoms with Crippen LogP contribution in [0.25, 0.3) is 11.6 Å². The lowest BCUT2D eigenvalue weighted by Crippen LogP contribution is -2.09. The van der Waals surface area contributed by atoms with Crippen LogP contribution in [0.2, 0.25) is 0 Å². The molecule has 1 saturated carbocycles. The van der Waals surface area contributed by atoms with E-state index in [0.29, 0.717) is 0 Å². The van der Waals surface area contributed by atoms with E-state index in [-0.39, 0.29) is 0 Å². The summed E-state index contributed by atoms with van der Waals surface area (Å²) in [5.74, 6) is 0.897. The molecule has 0 aliphatic heterocycles. The highest BCUT2D eigenvalue weighted by Gasteiger charge is 2.22. The molecule has 0 heterocycles. The van der Waals surface area contributed by atoms with Gasteiger partial charge in [-0.05, 0) is 108 Å². The molecule has 0 spiro atoms. The molecule has 0 radical (unpaired) electrons. The Hall–Kier alpha value is -2.60. The number of benzene rings is 2. The van der Waals surface area contributed by atoms with Crippen molar-refractivity contribution in [2.45, 2.75) is 78.6 Å². The highest BCUT2D eigenvalue weighted by molar-refractivity contribution is 5.76. The van der Waals surface area contributed by atoms with Crippen LogP contribution in [0, 0.1) is 26.7 Å². The van der Waals surface area contributed by atoms with Crippen molar-refractivity contribution in [3.63, 3.8) is 0 Å². The second kappa shape index (κ2) is 9.34. The van der Waals surface area contributed by atoms with Gasteiger partial charge in [-0.2, -0.15) is 0 Å². The Labute approximate surface area is 200 Å². The van der Waals surface area contributed by atoms with E-state index in [4.69, 9.17) is 0 Å². The van der Waals surface area contributed by atoms with Gasteiger partial charge in [-0.1, -0.05) is 92.8 Å². The number of hydrogen-bond donors (Lipinski definition) is 0. The minimum absolute atomic E-state index is 0.897. The first kappa shape index (κ1) is 22.2. The summed E-state index contributed by atoms with van der Waals surface area (Å²) < 4.78 is 0. The molecule has 170 valence electrons. The number of hydrogen-bond acceptors (Lipinski definition) is 0. The largest absolute Gasteiger partial charge is 0.0949 e. The molecule has 0 N–H and O–H groups in total. The van der Waals surface area contributed by atoms with Gasteiger partial charge >= 0.3 is 0 Å². The maximum atomic E-state index is 4.52. The summed E-state index contributed by atoms with van der Waals surface area (Å²) in [6.07, 6.45) is 18.8. The lowest BCUT2D eigenvalue weighted by atomic mass is 9.84. The molecule has 0 heteroatoms. The van der Waals surface area contributed by atoms with Crippen LogP contribution in [-0.2, 0) is 12.8 Å². The van der Waals surface area contributed by atoms with Crippen LogP contribution in [0.4, 0.5) is 0 Å². The minimum Gasteiger partial charge on any atom is -0.0949 e. The zero-order chi connectivity index (χ0) is 22.9. The van der Waals surface area contributed by atoms with Crippen molar-refractivity contribution in [2.24, 2.45) is 5.92 Å². The first-order chi connectivity index (χ1) is 16.0. The summed E-state index contributed by atoms with van der Waals surface area (Å²) in [5, 5.41) is 0. The first-order valence-corrected chi connectivity index (χ1v) is 13.0. The Bertz CT molecular complexity index is 1150. The molecule has 0 atom stereocenters. The summed E-state index contributed by atoms with van der Waals surface area (Å²) >= 11 is 0. The molecule has 0 unspecified atom stereocenters. The molecular weight excluding hydrogens is 396 g/mol. The number of rotatable bonds is 6. The summed E-state index contributed by atoms with van der Waals surface area (Å²) in [4.78, 5) is 0. The number of fused-ring (bicyclic) bond motifs is 1. The molecule has 5 rings (SSSR count). The maximum Gasteiger partial charge on any atom is -0.00137 e. The Morgan fingerprint density at radius 3 is 2.45 bits per heavy atom. The smallest absolute Gasteiger partial charge is 0.00137 e. The summed E-state index contributed by atoms with van der Waals surface area (Å²) in [6, 6.07) is 11.8. The summed E-state index contributed by atoms with van der Waals surface area (Å²) in [7, 11) is 0. The third-order valence-corrected chi connectivity index (χ3v) is 7.98. The van der Waals surface area contributed by atoms with E-state index < -0.39 is 0 Å². The third kappa shape index (κ3) is 4.72. The Morgan fingerprint density at radius 1 is 0.939 bits per heavy atom. The topological polar surface area (TPSA) is 0 Å². The van der Waals surface area contributed by atoms with Crippen LogP contribution in [0.5, 0.6) is 0 Å². The third-order valence-electron chi connectivity index (χ3n) is 7.98. The van der Waals surface area contributed by atoms with Gasteiger partial charge < -0.3 is 0 Å². The second-order valence-corrected chi connectivity index (χ2v) is 10.7. The predicted molar refractivity (Wildman–Crippen MR) is 143 cm³/mol. The van der Waals surface area contributed by atoms with Crippen molar-refractivity contribution in [3.05, 3.63) is 105 Å². The molecule has 3 aliphatic rings. The fourth-order valence-corrected chi connectivity index (χ4v) is 6.53. The van der Waals surface area contributed by atoms with Gasteiger partial charge in [0.1, 0.15) is 0 Å². The van der Waals surface area contributed by atoms with E-state index in [1.165, 1.54) is 99.8 Å². The molecular formula is C33H38. The van der Waals surface area contributed by atoms with Crippen molar-refractivity contribution >= 4 is 11.6 Å². The summed E-state index contributed by atoms with van der Waals surface area (Å²) in [5.41, 5.74) is 15.5. The highest BCUT2D eigenvalue weighted by Crippen LogP contribution is 2.40. The van der Waals surface area contributed by atoms with Crippen LogP contribution in [0.15, 0.2) is 65.8 Å².